The standard InChI is InChI=1S/C18H27NO4/c1-7-10-22-16(20)14-12(8-2)11-13(9-3)15(14)19-17(21)23-18(4,5)6/h7-9,12-15H,1-3,10-11H2,4-6H3,(H,19,21)/t12-,13+,14-,15+/m0/s1. The largest absolute Gasteiger partial charge is 0.461 e. The van der Waals surface area contributed by atoms with Crippen molar-refractivity contribution in [2.75, 3.05) is 6.61 Å². The van der Waals surface area contributed by atoms with Gasteiger partial charge in [-0.1, -0.05) is 24.8 Å². The summed E-state index contributed by atoms with van der Waals surface area (Å²) in [4.78, 5) is 24.5. The van der Waals surface area contributed by atoms with Crippen LogP contribution in [0.25, 0.3) is 0 Å². The number of nitrogens with one attached hydrogen (secondary N) is 1. The van der Waals surface area contributed by atoms with Crippen molar-refractivity contribution in [1.82, 2.24) is 5.32 Å². The molecular formula is C18H27NO4. The first-order chi connectivity index (χ1) is 10.7. The molecule has 1 saturated carbocycles. The topological polar surface area (TPSA) is 64.6 Å². The van der Waals surface area contributed by atoms with Gasteiger partial charge in [0, 0.05) is 0 Å². The van der Waals surface area contributed by atoms with Crippen LogP contribution in [-0.2, 0) is 14.3 Å². The second kappa shape index (κ2) is 7.99. The summed E-state index contributed by atoms with van der Waals surface area (Å²) in [5, 5.41) is 2.80. The molecule has 0 heterocycles. The molecule has 0 radical (unpaired) electrons. The second-order valence-electron chi connectivity index (χ2n) is 6.65. The van der Waals surface area contributed by atoms with Gasteiger partial charge in [0.05, 0.1) is 12.0 Å². The number of hydrogen-bond acceptors (Lipinski definition) is 4. The number of rotatable bonds is 6. The molecular weight excluding hydrogens is 294 g/mol. The third-order valence-electron chi connectivity index (χ3n) is 3.76. The molecule has 0 spiro atoms. The summed E-state index contributed by atoms with van der Waals surface area (Å²) in [5.41, 5.74) is -0.608. The van der Waals surface area contributed by atoms with E-state index in [1.54, 1.807) is 32.9 Å². The fraction of sp³-hybridized carbons (Fsp3) is 0.556. The number of esters is 1. The van der Waals surface area contributed by atoms with Gasteiger partial charge >= 0.3 is 12.1 Å². The lowest BCUT2D eigenvalue weighted by atomic mass is 9.93. The van der Waals surface area contributed by atoms with E-state index in [0.29, 0.717) is 6.42 Å². The number of alkyl carbamates (subject to hydrolysis) is 1. The molecule has 1 rings (SSSR count). The Hall–Kier alpha value is -2.04. The van der Waals surface area contributed by atoms with Gasteiger partial charge in [-0.25, -0.2) is 4.79 Å². The molecule has 1 aliphatic rings. The van der Waals surface area contributed by atoms with Gasteiger partial charge in [-0.05, 0) is 39.0 Å². The smallest absolute Gasteiger partial charge is 0.407 e. The van der Waals surface area contributed by atoms with Crippen LogP contribution in [0.2, 0.25) is 0 Å². The van der Waals surface area contributed by atoms with Crippen molar-refractivity contribution in [3.05, 3.63) is 38.0 Å². The van der Waals surface area contributed by atoms with E-state index in [0.717, 1.165) is 0 Å². The Morgan fingerprint density at radius 2 is 1.78 bits per heavy atom. The van der Waals surface area contributed by atoms with Gasteiger partial charge in [-0.3, -0.25) is 4.79 Å². The van der Waals surface area contributed by atoms with Crippen LogP contribution in [0, 0.1) is 17.8 Å². The summed E-state index contributed by atoms with van der Waals surface area (Å²) in [6.45, 7) is 16.6. The molecule has 0 bridgehead atoms. The molecule has 0 aromatic heterocycles. The highest BCUT2D eigenvalue weighted by molar-refractivity contribution is 5.77. The maximum absolute atomic E-state index is 12.4. The van der Waals surface area contributed by atoms with Gasteiger partial charge in [-0.15, -0.1) is 13.2 Å². The van der Waals surface area contributed by atoms with Crippen LogP contribution in [0.3, 0.4) is 0 Å². The minimum Gasteiger partial charge on any atom is -0.461 e. The average molecular weight is 321 g/mol. The number of allylic oxidation sites excluding steroid dienone is 1. The minimum absolute atomic E-state index is 0.0493. The number of amides is 1. The Morgan fingerprint density at radius 3 is 2.26 bits per heavy atom. The normalized spacial score (nSPS) is 26.9. The van der Waals surface area contributed by atoms with Gasteiger partial charge in [0.1, 0.15) is 12.2 Å². The maximum Gasteiger partial charge on any atom is 0.407 e. The second-order valence-corrected chi connectivity index (χ2v) is 6.65. The Morgan fingerprint density at radius 1 is 1.17 bits per heavy atom. The molecule has 0 saturated heterocycles. The monoisotopic (exact) mass is 321 g/mol. The van der Waals surface area contributed by atoms with Crippen molar-refractivity contribution in [3.8, 4) is 0 Å². The highest BCUT2D eigenvalue weighted by Gasteiger charge is 2.46. The van der Waals surface area contributed by atoms with Crippen molar-refractivity contribution in [3.63, 3.8) is 0 Å². The maximum atomic E-state index is 12.4. The average Bonchev–Trinajstić information content (AvgIpc) is 2.80. The zero-order valence-corrected chi connectivity index (χ0v) is 14.2. The summed E-state index contributed by atoms with van der Waals surface area (Å²) < 4.78 is 10.5. The lowest BCUT2D eigenvalue weighted by Gasteiger charge is -2.27. The van der Waals surface area contributed by atoms with Crippen molar-refractivity contribution < 1.29 is 19.1 Å². The lowest BCUT2D eigenvalue weighted by molar-refractivity contribution is -0.148. The molecule has 1 amide bonds. The molecule has 0 aromatic rings. The van der Waals surface area contributed by atoms with Crippen molar-refractivity contribution in [2.45, 2.75) is 38.8 Å². The van der Waals surface area contributed by atoms with Crippen molar-refractivity contribution in [1.29, 1.82) is 0 Å². The molecule has 23 heavy (non-hydrogen) atoms. The van der Waals surface area contributed by atoms with Crippen molar-refractivity contribution in [2.24, 2.45) is 17.8 Å². The summed E-state index contributed by atoms with van der Waals surface area (Å²) in [6.07, 6.45) is 5.12. The molecule has 1 N–H and O–H groups in total. The van der Waals surface area contributed by atoms with Gasteiger partial charge in [0.15, 0.2) is 0 Å². The van der Waals surface area contributed by atoms with E-state index in [1.807, 2.05) is 0 Å². The fourth-order valence-corrected chi connectivity index (χ4v) is 2.82. The SMILES string of the molecule is C=CCOC(=O)[C@@H]1[C@H](NC(=O)OC(C)(C)C)[C@H](C=C)C[C@@H]1C=C. The number of carbonyl (C=O) groups is 2. The molecule has 0 aliphatic heterocycles. The van der Waals surface area contributed by atoms with Crippen LogP contribution < -0.4 is 5.32 Å². The number of carbonyl (C=O) groups excluding carboxylic acids is 2. The molecule has 0 aromatic carbocycles. The van der Waals surface area contributed by atoms with Gasteiger partial charge in [0.25, 0.3) is 0 Å². The zero-order chi connectivity index (χ0) is 17.6. The summed E-state index contributed by atoms with van der Waals surface area (Å²) >= 11 is 0. The van der Waals surface area contributed by atoms with Crippen LogP contribution in [0.15, 0.2) is 38.0 Å². The van der Waals surface area contributed by atoms with Gasteiger partial charge in [0.2, 0.25) is 0 Å². The van der Waals surface area contributed by atoms with E-state index >= 15 is 0 Å². The summed E-state index contributed by atoms with van der Waals surface area (Å²) in [7, 11) is 0. The molecule has 4 atom stereocenters. The van der Waals surface area contributed by atoms with E-state index in [4.69, 9.17) is 9.47 Å². The highest BCUT2D eigenvalue weighted by Crippen LogP contribution is 2.39. The van der Waals surface area contributed by atoms with E-state index in [9.17, 15) is 9.59 Å². The predicted octanol–water partition coefficient (Wildman–Crippen LogP) is 3.23. The number of ether oxygens (including phenoxy) is 2. The first-order valence-electron chi connectivity index (χ1n) is 7.75. The van der Waals surface area contributed by atoms with Crippen LogP contribution >= 0.6 is 0 Å². The zero-order valence-electron chi connectivity index (χ0n) is 14.2. The van der Waals surface area contributed by atoms with E-state index in [1.165, 1.54) is 6.08 Å². The van der Waals surface area contributed by atoms with Gasteiger partial charge < -0.3 is 14.8 Å². The molecule has 1 aliphatic carbocycles. The van der Waals surface area contributed by atoms with Gasteiger partial charge in [-0.2, -0.15) is 0 Å². The first kappa shape index (κ1) is 19.0. The Balaban J connectivity index is 2.93. The Bertz CT molecular complexity index is 478. The Labute approximate surface area is 138 Å². The summed E-state index contributed by atoms with van der Waals surface area (Å²) in [5.74, 6) is -1.02. The third kappa shape index (κ3) is 5.27. The molecule has 128 valence electrons. The first-order valence-corrected chi connectivity index (χ1v) is 7.75. The van der Waals surface area contributed by atoms with Crippen LogP contribution in [0.1, 0.15) is 27.2 Å². The fourth-order valence-electron chi connectivity index (χ4n) is 2.82. The quantitative estimate of drug-likeness (QED) is 0.602. The molecule has 1 fully saturated rings. The molecule has 0 unspecified atom stereocenters. The van der Waals surface area contributed by atoms with Crippen molar-refractivity contribution >= 4 is 12.1 Å². The van der Waals surface area contributed by atoms with Crippen LogP contribution in [0.5, 0.6) is 0 Å². The molecule has 5 heteroatoms. The Kier molecular flexibility index (Phi) is 6.61. The van der Waals surface area contributed by atoms with Crippen LogP contribution in [0.4, 0.5) is 4.79 Å². The van der Waals surface area contributed by atoms with E-state index in [2.05, 4.69) is 25.1 Å². The number of hydrogen-bond donors (Lipinski definition) is 1. The predicted molar refractivity (Wildman–Crippen MR) is 89.8 cm³/mol. The van der Waals surface area contributed by atoms with E-state index < -0.39 is 23.7 Å². The minimum atomic E-state index is -0.608. The lowest BCUT2D eigenvalue weighted by Crippen LogP contribution is -2.46. The third-order valence-corrected chi connectivity index (χ3v) is 3.76. The highest BCUT2D eigenvalue weighted by atomic mass is 16.6. The summed E-state index contributed by atoms with van der Waals surface area (Å²) in [6, 6.07) is -0.428. The van der Waals surface area contributed by atoms with Crippen LogP contribution in [-0.4, -0.2) is 30.3 Å². The molecule has 5 nitrogen and oxygen atoms in total. The van der Waals surface area contributed by atoms with E-state index in [-0.39, 0.29) is 24.4 Å².